The number of nitrogens with two attached hydrogens (primary N) is 1. The first kappa shape index (κ1) is 14.7. The number of hydrogen-bond donors (Lipinski definition) is 3. The third kappa shape index (κ3) is 3.54. The fraction of sp³-hybridized carbons (Fsp3) is 0.500. The van der Waals surface area contributed by atoms with Crippen LogP contribution in [0.15, 0.2) is 6.07 Å². The van der Waals surface area contributed by atoms with Crippen molar-refractivity contribution in [3.63, 3.8) is 0 Å². The third-order valence-electron chi connectivity index (χ3n) is 2.78. The number of thiophene rings is 1. The number of amides is 1. The van der Waals surface area contributed by atoms with Crippen LogP contribution in [0, 0.1) is 12.3 Å². The van der Waals surface area contributed by atoms with Gasteiger partial charge in [0, 0.05) is 18.0 Å². The summed E-state index contributed by atoms with van der Waals surface area (Å²) in [7, 11) is 0. The van der Waals surface area contributed by atoms with E-state index in [0.717, 1.165) is 10.4 Å². The lowest BCUT2D eigenvalue weighted by Crippen LogP contribution is -2.40. The van der Waals surface area contributed by atoms with Crippen LogP contribution in [0.1, 0.15) is 34.0 Å². The number of hydrogen-bond acceptors (Lipinski definition) is 4. The minimum atomic E-state index is -0.910. The first-order valence-corrected chi connectivity index (χ1v) is 6.39. The summed E-state index contributed by atoms with van der Waals surface area (Å²) in [5, 5.41) is 12.0. The van der Waals surface area contributed by atoms with Crippen molar-refractivity contribution in [3.8, 4) is 0 Å². The Kier molecular flexibility index (Phi) is 4.48. The Morgan fingerprint density at radius 2 is 2.11 bits per heavy atom. The smallest absolute Gasteiger partial charge is 0.345 e. The molecule has 0 saturated heterocycles. The normalized spacial score (nSPS) is 11.5. The van der Waals surface area contributed by atoms with Gasteiger partial charge in [-0.25, -0.2) is 4.79 Å². The Balaban J connectivity index is 2.59. The predicted molar refractivity (Wildman–Crippen MR) is 70.7 cm³/mol. The fourth-order valence-electron chi connectivity index (χ4n) is 1.40. The molecule has 0 fully saturated rings. The maximum atomic E-state index is 11.1. The maximum Gasteiger partial charge on any atom is 0.345 e. The molecule has 0 aliphatic rings. The van der Waals surface area contributed by atoms with Crippen LogP contribution >= 0.6 is 11.3 Å². The molecule has 18 heavy (non-hydrogen) atoms. The second-order valence-electron chi connectivity index (χ2n) is 4.85. The van der Waals surface area contributed by atoms with Crippen molar-refractivity contribution in [2.75, 3.05) is 6.54 Å². The van der Waals surface area contributed by atoms with Gasteiger partial charge in [0.2, 0.25) is 5.91 Å². The van der Waals surface area contributed by atoms with E-state index in [2.05, 4.69) is 5.32 Å². The maximum absolute atomic E-state index is 11.1. The Bertz CT molecular complexity index is 466. The number of carbonyl (C=O) groups is 2. The number of aryl methyl sites for hydroxylation is 1. The zero-order valence-corrected chi connectivity index (χ0v) is 11.6. The van der Waals surface area contributed by atoms with E-state index in [0.29, 0.717) is 18.0 Å². The molecule has 0 saturated carbocycles. The number of nitrogens with one attached hydrogen (secondary N) is 1. The second-order valence-corrected chi connectivity index (χ2v) is 6.11. The van der Waals surface area contributed by atoms with Crippen molar-refractivity contribution in [1.82, 2.24) is 5.32 Å². The molecule has 0 aliphatic carbocycles. The van der Waals surface area contributed by atoms with Crippen molar-refractivity contribution in [3.05, 3.63) is 21.4 Å². The number of aromatic carboxylic acids is 1. The van der Waals surface area contributed by atoms with Crippen molar-refractivity contribution in [1.29, 1.82) is 0 Å². The molecular formula is C12H18N2O3S. The van der Waals surface area contributed by atoms with E-state index in [4.69, 9.17) is 10.8 Å². The lowest BCUT2D eigenvalue weighted by molar-refractivity contribution is -0.125. The lowest BCUT2D eigenvalue weighted by atomic mass is 9.93. The standard InChI is InChI=1S/C12H18N2O3S/c1-7-8(4-9(18-7)10(15)16)5-14-6-12(2,3)11(13)17/h4,14H,5-6H2,1-3H3,(H2,13,17)(H,15,16). The molecule has 1 aromatic rings. The number of carboxylic acid groups (broad SMARTS) is 1. The van der Waals surface area contributed by atoms with Crippen LogP contribution in [0.4, 0.5) is 0 Å². The summed E-state index contributed by atoms with van der Waals surface area (Å²) in [6, 6.07) is 1.66. The van der Waals surface area contributed by atoms with Gasteiger partial charge in [0.1, 0.15) is 4.88 Å². The Hall–Kier alpha value is -1.40. The zero-order valence-electron chi connectivity index (χ0n) is 10.7. The summed E-state index contributed by atoms with van der Waals surface area (Å²) in [6.07, 6.45) is 0. The first-order valence-electron chi connectivity index (χ1n) is 5.57. The summed E-state index contributed by atoms with van der Waals surface area (Å²) in [4.78, 5) is 23.2. The molecule has 1 amide bonds. The third-order valence-corrected chi connectivity index (χ3v) is 3.86. The monoisotopic (exact) mass is 270 g/mol. The molecule has 1 heterocycles. The number of carboxylic acids is 1. The molecule has 0 aliphatic heterocycles. The van der Waals surface area contributed by atoms with Gasteiger partial charge in [0.15, 0.2) is 0 Å². The molecule has 1 rings (SSSR count). The van der Waals surface area contributed by atoms with Crippen LogP contribution in [0.5, 0.6) is 0 Å². The van der Waals surface area contributed by atoms with E-state index in [9.17, 15) is 9.59 Å². The van der Waals surface area contributed by atoms with Gasteiger partial charge in [0.25, 0.3) is 0 Å². The highest BCUT2D eigenvalue weighted by atomic mass is 32.1. The molecule has 0 radical (unpaired) electrons. The predicted octanol–water partition coefficient (Wildman–Crippen LogP) is 1.36. The minimum Gasteiger partial charge on any atom is -0.477 e. The van der Waals surface area contributed by atoms with Gasteiger partial charge in [-0.15, -0.1) is 11.3 Å². The quantitative estimate of drug-likeness (QED) is 0.727. The van der Waals surface area contributed by atoms with Crippen LogP contribution in [0.3, 0.4) is 0 Å². The SMILES string of the molecule is Cc1sc(C(=O)O)cc1CNCC(C)(C)C(N)=O. The average Bonchev–Trinajstić information content (AvgIpc) is 2.60. The molecule has 0 atom stereocenters. The number of carbonyl (C=O) groups excluding carboxylic acids is 1. The Labute approximate surface area is 110 Å². The van der Waals surface area contributed by atoms with Gasteiger partial charge in [-0.1, -0.05) is 0 Å². The molecule has 4 N–H and O–H groups in total. The molecule has 0 aromatic carbocycles. The van der Waals surface area contributed by atoms with Gasteiger partial charge in [-0.2, -0.15) is 0 Å². The average molecular weight is 270 g/mol. The van der Waals surface area contributed by atoms with Crippen molar-refractivity contribution in [2.24, 2.45) is 11.1 Å². The summed E-state index contributed by atoms with van der Waals surface area (Å²) in [6.45, 7) is 6.41. The summed E-state index contributed by atoms with van der Waals surface area (Å²) >= 11 is 1.26. The van der Waals surface area contributed by atoms with E-state index in [1.165, 1.54) is 11.3 Å². The summed E-state index contributed by atoms with van der Waals surface area (Å²) < 4.78 is 0. The van der Waals surface area contributed by atoms with Crippen molar-refractivity contribution < 1.29 is 14.7 Å². The van der Waals surface area contributed by atoms with Crippen LogP contribution in [0.25, 0.3) is 0 Å². The molecule has 100 valence electrons. The van der Waals surface area contributed by atoms with Gasteiger partial charge < -0.3 is 16.2 Å². The molecule has 0 bridgehead atoms. The highest BCUT2D eigenvalue weighted by molar-refractivity contribution is 7.14. The van der Waals surface area contributed by atoms with Crippen LogP contribution in [-0.4, -0.2) is 23.5 Å². The van der Waals surface area contributed by atoms with Crippen molar-refractivity contribution in [2.45, 2.75) is 27.3 Å². The van der Waals surface area contributed by atoms with E-state index < -0.39 is 11.4 Å². The zero-order chi connectivity index (χ0) is 13.9. The van der Waals surface area contributed by atoms with Crippen LogP contribution in [0.2, 0.25) is 0 Å². The van der Waals surface area contributed by atoms with Crippen LogP contribution in [-0.2, 0) is 11.3 Å². The van der Waals surface area contributed by atoms with E-state index in [-0.39, 0.29) is 5.91 Å². The van der Waals surface area contributed by atoms with Gasteiger partial charge in [0.05, 0.1) is 5.41 Å². The van der Waals surface area contributed by atoms with Gasteiger partial charge in [-0.3, -0.25) is 4.79 Å². The molecular weight excluding hydrogens is 252 g/mol. The van der Waals surface area contributed by atoms with Gasteiger partial charge in [-0.05, 0) is 32.4 Å². The highest BCUT2D eigenvalue weighted by Crippen LogP contribution is 2.21. The minimum absolute atomic E-state index is 0.332. The number of rotatable bonds is 6. The Morgan fingerprint density at radius 3 is 2.56 bits per heavy atom. The molecule has 0 unspecified atom stereocenters. The van der Waals surface area contributed by atoms with Crippen LogP contribution < -0.4 is 11.1 Å². The second kappa shape index (κ2) is 5.49. The van der Waals surface area contributed by atoms with E-state index in [1.807, 2.05) is 6.92 Å². The molecule has 6 heteroatoms. The largest absolute Gasteiger partial charge is 0.477 e. The molecule has 1 aromatic heterocycles. The number of primary amides is 1. The van der Waals surface area contributed by atoms with Crippen molar-refractivity contribution >= 4 is 23.2 Å². The molecule has 5 nitrogen and oxygen atoms in total. The highest BCUT2D eigenvalue weighted by Gasteiger charge is 2.24. The first-order chi connectivity index (χ1) is 8.24. The van der Waals surface area contributed by atoms with E-state index in [1.54, 1.807) is 19.9 Å². The Morgan fingerprint density at radius 1 is 1.50 bits per heavy atom. The lowest BCUT2D eigenvalue weighted by Gasteiger charge is -2.20. The molecule has 0 spiro atoms. The summed E-state index contributed by atoms with van der Waals surface area (Å²) in [5.74, 6) is -1.27. The fourth-order valence-corrected chi connectivity index (χ4v) is 2.28. The van der Waals surface area contributed by atoms with Gasteiger partial charge >= 0.3 is 5.97 Å². The van der Waals surface area contributed by atoms with E-state index >= 15 is 0 Å². The summed E-state index contributed by atoms with van der Waals surface area (Å²) in [5.41, 5.74) is 5.60. The topological polar surface area (TPSA) is 92.4 Å².